The van der Waals surface area contributed by atoms with Crippen molar-refractivity contribution in [3.8, 4) is 0 Å². The number of methoxy groups -OCH3 is 1. The van der Waals surface area contributed by atoms with Gasteiger partial charge in [0, 0.05) is 19.0 Å². The number of carbonyl (C=O) groups excluding carboxylic acids is 3. The van der Waals surface area contributed by atoms with Crippen LogP contribution < -0.4 is 16.0 Å². The minimum Gasteiger partial charge on any atom is -0.467 e. The van der Waals surface area contributed by atoms with Gasteiger partial charge in [-0.1, -0.05) is 6.42 Å². The topological polar surface area (TPSA) is 96.5 Å². The molecule has 8 heteroatoms. The number of hydrogen-bond acceptors (Lipinski definition) is 5. The molecule has 3 rings (SSSR count). The Morgan fingerprint density at radius 2 is 2.17 bits per heavy atom. The summed E-state index contributed by atoms with van der Waals surface area (Å²) < 4.78 is 4.79. The number of ether oxygens (including phenoxy) is 1. The van der Waals surface area contributed by atoms with E-state index in [2.05, 4.69) is 16.0 Å². The molecule has 1 unspecified atom stereocenters. The van der Waals surface area contributed by atoms with E-state index in [1.807, 2.05) is 0 Å². The van der Waals surface area contributed by atoms with E-state index in [-0.39, 0.29) is 41.6 Å². The summed E-state index contributed by atoms with van der Waals surface area (Å²) in [6, 6.07) is -1.01. The molecule has 136 valence electrons. The normalized spacial score (nSPS) is 28.5. The van der Waals surface area contributed by atoms with Crippen molar-refractivity contribution in [2.45, 2.75) is 50.6 Å². The first-order valence-electron chi connectivity index (χ1n) is 8.42. The Hall–Kier alpha value is -1.34. The third-order valence-electron chi connectivity index (χ3n) is 5.58. The summed E-state index contributed by atoms with van der Waals surface area (Å²) in [7, 11) is 1.30. The van der Waals surface area contributed by atoms with Gasteiger partial charge >= 0.3 is 5.97 Å². The van der Waals surface area contributed by atoms with Crippen LogP contribution in [0.5, 0.6) is 0 Å². The Labute approximate surface area is 148 Å². The SMILES string of the molecule is COC(=O)[C@H](C[C@@H]1CCNC1=O)NC(=O)C1CC2(CCC2)CN1.Cl. The summed E-state index contributed by atoms with van der Waals surface area (Å²) in [5.41, 5.74) is 0.286. The zero-order valence-corrected chi connectivity index (χ0v) is 14.7. The van der Waals surface area contributed by atoms with Crippen LogP contribution in [0.25, 0.3) is 0 Å². The van der Waals surface area contributed by atoms with Crippen molar-refractivity contribution in [1.82, 2.24) is 16.0 Å². The Balaban J connectivity index is 0.00000208. The van der Waals surface area contributed by atoms with Gasteiger partial charge in [0.2, 0.25) is 11.8 Å². The van der Waals surface area contributed by atoms with Gasteiger partial charge < -0.3 is 20.7 Å². The molecule has 1 saturated carbocycles. The van der Waals surface area contributed by atoms with Crippen LogP contribution in [-0.2, 0) is 19.1 Å². The summed E-state index contributed by atoms with van der Waals surface area (Å²) in [5, 5.41) is 8.81. The summed E-state index contributed by atoms with van der Waals surface area (Å²) in [6.07, 6.45) is 5.39. The molecule has 7 nitrogen and oxygen atoms in total. The third-order valence-corrected chi connectivity index (χ3v) is 5.58. The highest BCUT2D eigenvalue weighted by Crippen LogP contribution is 2.47. The fourth-order valence-electron chi connectivity index (χ4n) is 3.94. The predicted octanol–water partition coefficient (Wildman–Crippen LogP) is 0.124. The van der Waals surface area contributed by atoms with Gasteiger partial charge in [0.25, 0.3) is 0 Å². The number of halogens is 1. The predicted molar refractivity (Wildman–Crippen MR) is 89.6 cm³/mol. The van der Waals surface area contributed by atoms with Crippen molar-refractivity contribution in [3.05, 3.63) is 0 Å². The van der Waals surface area contributed by atoms with Crippen LogP contribution in [0.3, 0.4) is 0 Å². The van der Waals surface area contributed by atoms with Crippen LogP contribution >= 0.6 is 12.4 Å². The average Bonchev–Trinajstić information content (AvgIpc) is 3.12. The maximum Gasteiger partial charge on any atom is 0.328 e. The number of hydrogen-bond donors (Lipinski definition) is 3. The highest BCUT2D eigenvalue weighted by Gasteiger charge is 2.46. The van der Waals surface area contributed by atoms with Crippen LogP contribution in [0.2, 0.25) is 0 Å². The highest BCUT2D eigenvalue weighted by molar-refractivity contribution is 5.88. The van der Waals surface area contributed by atoms with Crippen LogP contribution in [0.15, 0.2) is 0 Å². The van der Waals surface area contributed by atoms with Gasteiger partial charge in [0.1, 0.15) is 6.04 Å². The van der Waals surface area contributed by atoms with Crippen molar-refractivity contribution < 1.29 is 19.1 Å². The van der Waals surface area contributed by atoms with Gasteiger partial charge in [-0.25, -0.2) is 4.79 Å². The van der Waals surface area contributed by atoms with Crippen molar-refractivity contribution >= 4 is 30.2 Å². The lowest BCUT2D eigenvalue weighted by atomic mass is 9.67. The van der Waals surface area contributed by atoms with E-state index in [0.717, 1.165) is 13.0 Å². The fourth-order valence-corrected chi connectivity index (χ4v) is 3.94. The molecular formula is C16H26ClN3O4. The van der Waals surface area contributed by atoms with E-state index in [4.69, 9.17) is 4.74 Å². The van der Waals surface area contributed by atoms with Crippen molar-refractivity contribution in [2.24, 2.45) is 11.3 Å². The number of amides is 2. The van der Waals surface area contributed by atoms with Crippen LogP contribution in [0.1, 0.15) is 38.5 Å². The number of nitrogens with one attached hydrogen (secondary N) is 3. The van der Waals surface area contributed by atoms with Crippen LogP contribution in [-0.4, -0.2) is 50.1 Å². The molecule has 0 aromatic heterocycles. The Bertz CT molecular complexity index is 510. The summed E-state index contributed by atoms with van der Waals surface area (Å²) in [4.78, 5) is 36.1. The van der Waals surface area contributed by atoms with E-state index in [1.165, 1.54) is 26.4 Å². The molecule has 1 aliphatic carbocycles. The lowest BCUT2D eigenvalue weighted by Crippen LogP contribution is -2.49. The standard InChI is InChI=1S/C16H25N3O4.ClH/c1-23-15(22)11(7-10-3-6-17-13(10)20)19-14(21)12-8-16(9-18-12)4-2-5-16;/h10-12,18H,2-9H2,1H3,(H,17,20)(H,19,21);1H/t10-,11-,12?;/m0./s1. The lowest BCUT2D eigenvalue weighted by molar-refractivity contribution is -0.146. The molecule has 2 aliphatic heterocycles. The van der Waals surface area contributed by atoms with E-state index in [0.29, 0.717) is 19.4 Å². The Morgan fingerprint density at radius 3 is 2.67 bits per heavy atom. The zero-order chi connectivity index (χ0) is 16.4. The molecule has 0 aromatic rings. The lowest BCUT2D eigenvalue weighted by Gasteiger charge is -2.37. The summed E-state index contributed by atoms with van der Waals surface area (Å²) in [6.45, 7) is 1.50. The van der Waals surface area contributed by atoms with Gasteiger partial charge in [0.05, 0.1) is 13.2 Å². The van der Waals surface area contributed by atoms with Gasteiger partial charge in [-0.05, 0) is 37.5 Å². The minimum atomic E-state index is -0.763. The number of rotatable bonds is 5. The molecule has 3 fully saturated rings. The van der Waals surface area contributed by atoms with Gasteiger partial charge in [-0.3, -0.25) is 9.59 Å². The van der Waals surface area contributed by atoms with Crippen molar-refractivity contribution in [1.29, 1.82) is 0 Å². The van der Waals surface area contributed by atoms with Crippen molar-refractivity contribution in [3.63, 3.8) is 0 Å². The average molecular weight is 360 g/mol. The summed E-state index contributed by atoms with van der Waals surface area (Å²) in [5.74, 6) is -0.952. The van der Waals surface area contributed by atoms with E-state index >= 15 is 0 Å². The molecule has 0 aromatic carbocycles. The van der Waals surface area contributed by atoms with Gasteiger partial charge in [-0.2, -0.15) is 0 Å². The molecule has 0 radical (unpaired) electrons. The first-order chi connectivity index (χ1) is 11.0. The molecule has 3 aliphatic rings. The molecular weight excluding hydrogens is 334 g/mol. The molecule has 0 bridgehead atoms. The fraction of sp³-hybridized carbons (Fsp3) is 0.812. The minimum absolute atomic E-state index is 0. The van der Waals surface area contributed by atoms with E-state index in [9.17, 15) is 14.4 Å². The number of esters is 1. The van der Waals surface area contributed by atoms with Gasteiger partial charge in [-0.15, -0.1) is 12.4 Å². The number of carbonyl (C=O) groups is 3. The monoisotopic (exact) mass is 359 g/mol. The largest absolute Gasteiger partial charge is 0.467 e. The Morgan fingerprint density at radius 1 is 1.42 bits per heavy atom. The smallest absolute Gasteiger partial charge is 0.328 e. The zero-order valence-electron chi connectivity index (χ0n) is 13.9. The second-order valence-corrected chi connectivity index (χ2v) is 7.09. The van der Waals surface area contributed by atoms with Crippen LogP contribution in [0.4, 0.5) is 0 Å². The first kappa shape index (κ1) is 19.0. The van der Waals surface area contributed by atoms with Crippen molar-refractivity contribution in [2.75, 3.05) is 20.2 Å². The maximum atomic E-state index is 12.5. The summed E-state index contributed by atoms with van der Waals surface area (Å²) >= 11 is 0. The van der Waals surface area contributed by atoms with E-state index in [1.54, 1.807) is 0 Å². The third kappa shape index (κ3) is 3.83. The molecule has 3 atom stereocenters. The second kappa shape index (κ2) is 7.70. The Kier molecular flexibility index (Phi) is 6.09. The highest BCUT2D eigenvalue weighted by atomic mass is 35.5. The quantitative estimate of drug-likeness (QED) is 0.606. The van der Waals surface area contributed by atoms with E-state index < -0.39 is 12.0 Å². The molecule has 2 saturated heterocycles. The second-order valence-electron chi connectivity index (χ2n) is 7.09. The van der Waals surface area contributed by atoms with Gasteiger partial charge in [0.15, 0.2) is 0 Å². The maximum absolute atomic E-state index is 12.5. The molecule has 2 heterocycles. The first-order valence-corrected chi connectivity index (χ1v) is 8.42. The molecule has 2 amide bonds. The molecule has 1 spiro atoms. The molecule has 3 N–H and O–H groups in total. The molecule has 24 heavy (non-hydrogen) atoms. The van der Waals surface area contributed by atoms with Crippen LogP contribution in [0, 0.1) is 11.3 Å².